The van der Waals surface area contributed by atoms with E-state index in [1.807, 2.05) is 73.1 Å². The largest absolute Gasteiger partial charge is 0.486 e. The Balaban J connectivity index is 0.00000196. The molecule has 1 atom stereocenters. The van der Waals surface area contributed by atoms with E-state index in [1.165, 1.54) is 0 Å². The Morgan fingerprint density at radius 2 is 1.79 bits per heavy atom. The smallest absolute Gasteiger partial charge is 0.240 e. The van der Waals surface area contributed by atoms with Gasteiger partial charge < -0.3 is 19.9 Å². The van der Waals surface area contributed by atoms with Crippen molar-refractivity contribution in [2.24, 2.45) is 0 Å². The molecule has 0 radical (unpaired) electrons. The van der Waals surface area contributed by atoms with Crippen LogP contribution in [0.1, 0.15) is 12.7 Å². The zero-order chi connectivity index (χ0) is 18.4. The predicted molar refractivity (Wildman–Crippen MR) is 117 cm³/mol. The van der Waals surface area contributed by atoms with Crippen molar-refractivity contribution in [2.75, 3.05) is 13.6 Å². The monoisotopic (exact) mass is 424 g/mol. The van der Waals surface area contributed by atoms with Crippen molar-refractivity contribution >= 4 is 41.8 Å². The summed E-state index contributed by atoms with van der Waals surface area (Å²) >= 11 is 0. The summed E-state index contributed by atoms with van der Waals surface area (Å²) in [5, 5.41) is 6.05. The molecule has 28 heavy (non-hydrogen) atoms. The van der Waals surface area contributed by atoms with Gasteiger partial charge in [0.05, 0.1) is 11.0 Å². The minimum Gasteiger partial charge on any atom is -0.486 e. The second kappa shape index (κ2) is 11.5. The van der Waals surface area contributed by atoms with Crippen LogP contribution < -0.4 is 15.4 Å². The van der Waals surface area contributed by atoms with Crippen molar-refractivity contribution in [1.82, 2.24) is 20.2 Å². The first kappa shape index (κ1) is 23.8. The first-order chi connectivity index (χ1) is 12.7. The molecular weight excluding hydrogens is 399 g/mol. The molecule has 0 bridgehead atoms. The number of aromatic nitrogens is 2. The maximum absolute atomic E-state index is 12.4. The van der Waals surface area contributed by atoms with Crippen molar-refractivity contribution in [3.05, 3.63) is 60.4 Å². The number of carbonyl (C=O) groups is 1. The maximum atomic E-state index is 12.4. The fraction of sp³-hybridized carbons (Fsp3) is 0.300. The van der Waals surface area contributed by atoms with Gasteiger partial charge in [-0.05, 0) is 38.2 Å². The number of amides is 1. The third-order valence-corrected chi connectivity index (χ3v) is 4.24. The van der Waals surface area contributed by atoms with Gasteiger partial charge in [0, 0.05) is 12.6 Å². The molecule has 0 saturated carbocycles. The molecule has 1 amide bonds. The van der Waals surface area contributed by atoms with E-state index in [2.05, 4.69) is 15.6 Å². The number of halogens is 2. The Hall–Kier alpha value is -2.28. The lowest BCUT2D eigenvalue weighted by atomic mass is 10.3. The molecular formula is C20H26Cl2N4O2. The van der Waals surface area contributed by atoms with Crippen LogP contribution in [0.2, 0.25) is 0 Å². The van der Waals surface area contributed by atoms with E-state index in [0.717, 1.165) is 22.6 Å². The molecule has 1 unspecified atom stereocenters. The molecule has 1 heterocycles. The fourth-order valence-corrected chi connectivity index (χ4v) is 2.65. The molecule has 2 N–H and O–H groups in total. The Labute approximate surface area is 177 Å². The van der Waals surface area contributed by atoms with E-state index in [9.17, 15) is 4.79 Å². The lowest BCUT2D eigenvalue weighted by Gasteiger charge is -2.13. The minimum absolute atomic E-state index is 0. The van der Waals surface area contributed by atoms with E-state index in [1.54, 1.807) is 0 Å². The molecule has 1 aromatic heterocycles. The summed E-state index contributed by atoms with van der Waals surface area (Å²) in [5.41, 5.74) is 1.78. The van der Waals surface area contributed by atoms with Crippen molar-refractivity contribution in [3.8, 4) is 5.75 Å². The molecule has 0 spiro atoms. The lowest BCUT2D eigenvalue weighted by Crippen LogP contribution is -2.38. The van der Waals surface area contributed by atoms with Crippen molar-refractivity contribution in [2.45, 2.75) is 26.1 Å². The number of ether oxygens (including phenoxy) is 1. The third-order valence-electron chi connectivity index (χ3n) is 4.24. The Bertz CT molecular complexity index is 871. The highest BCUT2D eigenvalue weighted by Gasteiger charge is 2.14. The van der Waals surface area contributed by atoms with Crippen LogP contribution in [-0.4, -0.2) is 35.1 Å². The fourth-order valence-electron chi connectivity index (χ4n) is 2.65. The number of para-hydroxylation sites is 3. The second-order valence-electron chi connectivity index (χ2n) is 6.20. The highest BCUT2D eigenvalue weighted by atomic mass is 35.5. The number of likely N-dealkylation sites (N-methyl/N-ethyl adjacent to an activating group) is 1. The van der Waals surface area contributed by atoms with E-state index < -0.39 is 0 Å². The summed E-state index contributed by atoms with van der Waals surface area (Å²) in [6, 6.07) is 17.6. The summed E-state index contributed by atoms with van der Waals surface area (Å²) < 4.78 is 7.75. The number of imidazole rings is 1. The molecule has 152 valence electrons. The summed E-state index contributed by atoms with van der Waals surface area (Å²) in [5.74, 6) is 1.46. The highest BCUT2D eigenvalue weighted by Crippen LogP contribution is 2.18. The van der Waals surface area contributed by atoms with E-state index in [-0.39, 0.29) is 43.3 Å². The average molecular weight is 425 g/mol. The molecule has 0 aliphatic heterocycles. The first-order valence-electron chi connectivity index (χ1n) is 8.73. The normalized spacial score (nSPS) is 11.2. The van der Waals surface area contributed by atoms with Crippen molar-refractivity contribution < 1.29 is 9.53 Å². The van der Waals surface area contributed by atoms with Gasteiger partial charge in [-0.3, -0.25) is 4.79 Å². The van der Waals surface area contributed by atoms with Crippen LogP contribution in [0.15, 0.2) is 54.6 Å². The third kappa shape index (κ3) is 6.12. The topological polar surface area (TPSA) is 68.2 Å². The molecule has 0 fully saturated rings. The molecule has 0 saturated heterocycles. The van der Waals surface area contributed by atoms with Gasteiger partial charge >= 0.3 is 0 Å². The summed E-state index contributed by atoms with van der Waals surface area (Å²) in [6.07, 6.45) is 0. The molecule has 0 aliphatic carbocycles. The van der Waals surface area contributed by atoms with Crippen LogP contribution in [0.5, 0.6) is 5.75 Å². The molecule has 8 heteroatoms. The van der Waals surface area contributed by atoms with E-state index in [0.29, 0.717) is 13.2 Å². The number of hydrogen-bond acceptors (Lipinski definition) is 4. The van der Waals surface area contributed by atoms with Crippen LogP contribution in [0, 0.1) is 0 Å². The van der Waals surface area contributed by atoms with Gasteiger partial charge in [0.1, 0.15) is 24.7 Å². The Kier molecular flexibility index (Phi) is 9.79. The van der Waals surface area contributed by atoms with Gasteiger partial charge in [0.25, 0.3) is 0 Å². The van der Waals surface area contributed by atoms with Crippen molar-refractivity contribution in [1.29, 1.82) is 0 Å². The maximum Gasteiger partial charge on any atom is 0.240 e. The number of carbonyl (C=O) groups excluding carboxylic acids is 1. The van der Waals surface area contributed by atoms with Crippen LogP contribution in [0.25, 0.3) is 11.0 Å². The highest BCUT2D eigenvalue weighted by molar-refractivity contribution is 5.85. The molecule has 3 aromatic rings. The quantitative estimate of drug-likeness (QED) is 0.582. The van der Waals surface area contributed by atoms with Crippen LogP contribution in [0.3, 0.4) is 0 Å². The zero-order valence-electron chi connectivity index (χ0n) is 15.9. The van der Waals surface area contributed by atoms with E-state index in [4.69, 9.17) is 4.74 Å². The number of nitrogens with one attached hydrogen (secondary N) is 2. The predicted octanol–water partition coefficient (Wildman–Crippen LogP) is 3.18. The Morgan fingerprint density at radius 1 is 1.11 bits per heavy atom. The summed E-state index contributed by atoms with van der Waals surface area (Å²) in [7, 11) is 1.87. The van der Waals surface area contributed by atoms with Gasteiger partial charge in [-0.15, -0.1) is 24.8 Å². The standard InChI is InChI=1S/C20H24N4O2.2ClH/c1-15(21-2)12-22-20(25)13-24-18-11-7-6-10-17(18)23-19(24)14-26-16-8-4-3-5-9-16;;/h3-11,15,21H,12-14H2,1-2H3,(H,22,25);2*1H. The van der Waals surface area contributed by atoms with Crippen LogP contribution in [0.4, 0.5) is 0 Å². The van der Waals surface area contributed by atoms with Gasteiger partial charge in [-0.2, -0.15) is 0 Å². The molecule has 2 aromatic carbocycles. The Morgan fingerprint density at radius 3 is 2.50 bits per heavy atom. The lowest BCUT2D eigenvalue weighted by molar-refractivity contribution is -0.121. The van der Waals surface area contributed by atoms with Gasteiger partial charge in [0.15, 0.2) is 0 Å². The number of hydrogen-bond donors (Lipinski definition) is 2. The van der Waals surface area contributed by atoms with Gasteiger partial charge in [0.2, 0.25) is 5.91 Å². The van der Waals surface area contributed by atoms with E-state index >= 15 is 0 Å². The van der Waals surface area contributed by atoms with Crippen LogP contribution in [-0.2, 0) is 17.9 Å². The molecule has 3 rings (SSSR count). The number of benzene rings is 2. The number of nitrogens with zero attached hydrogens (tertiary/aromatic N) is 2. The molecule has 0 aliphatic rings. The number of fused-ring (bicyclic) bond motifs is 1. The number of rotatable bonds is 8. The van der Waals surface area contributed by atoms with Gasteiger partial charge in [-0.25, -0.2) is 4.98 Å². The van der Waals surface area contributed by atoms with Crippen LogP contribution >= 0.6 is 24.8 Å². The first-order valence-corrected chi connectivity index (χ1v) is 8.73. The SMILES string of the molecule is CNC(C)CNC(=O)Cn1c(COc2ccccc2)nc2ccccc21.Cl.Cl. The summed E-state index contributed by atoms with van der Waals surface area (Å²) in [4.78, 5) is 17.0. The summed E-state index contributed by atoms with van der Waals surface area (Å²) in [6.45, 7) is 3.12. The van der Waals surface area contributed by atoms with Gasteiger partial charge in [-0.1, -0.05) is 30.3 Å². The zero-order valence-corrected chi connectivity index (χ0v) is 17.6. The minimum atomic E-state index is -0.0452. The average Bonchev–Trinajstić information content (AvgIpc) is 3.02. The second-order valence-corrected chi connectivity index (χ2v) is 6.20. The molecule has 6 nitrogen and oxygen atoms in total. The van der Waals surface area contributed by atoms with Crippen molar-refractivity contribution in [3.63, 3.8) is 0 Å².